The first-order chi connectivity index (χ1) is 14.9. The van der Waals surface area contributed by atoms with Gasteiger partial charge in [-0.1, -0.05) is 30.3 Å². The third kappa shape index (κ3) is 4.71. The second-order valence-corrected chi connectivity index (χ2v) is 9.65. The lowest BCUT2D eigenvalue weighted by Crippen LogP contribution is -2.39. The fourth-order valence-corrected chi connectivity index (χ4v) is 5.42. The number of thiophene rings is 1. The van der Waals surface area contributed by atoms with Crippen LogP contribution < -0.4 is 5.32 Å². The minimum absolute atomic E-state index is 0.0324. The highest BCUT2D eigenvalue weighted by atomic mass is 32.1. The molecule has 0 bridgehead atoms. The number of amides is 1. The van der Waals surface area contributed by atoms with Crippen molar-refractivity contribution in [3.8, 4) is 11.1 Å². The molecule has 0 unspecified atom stereocenters. The molecule has 162 valence electrons. The third-order valence-electron chi connectivity index (χ3n) is 6.08. The lowest BCUT2D eigenvalue weighted by Gasteiger charge is -2.27. The molecular formula is C24H27N3O3S. The summed E-state index contributed by atoms with van der Waals surface area (Å²) in [6, 6.07) is 10.1. The number of carbonyl (C=O) groups excluding carboxylic acids is 1. The fraction of sp³-hybridized carbons (Fsp3) is 0.375. The summed E-state index contributed by atoms with van der Waals surface area (Å²) in [5.74, 6) is -1.08. The molecular weight excluding hydrogens is 410 g/mol. The number of carboxylic acids is 1. The van der Waals surface area contributed by atoms with Crippen LogP contribution in [0.25, 0.3) is 11.1 Å². The zero-order chi connectivity index (χ0) is 22.0. The number of carboxylic acid groups (broad SMARTS) is 1. The van der Waals surface area contributed by atoms with Crippen molar-refractivity contribution >= 4 is 23.2 Å². The van der Waals surface area contributed by atoms with E-state index in [9.17, 15) is 14.7 Å². The van der Waals surface area contributed by atoms with Gasteiger partial charge in [0.1, 0.15) is 0 Å². The molecule has 6 nitrogen and oxygen atoms in total. The minimum atomic E-state index is -0.731. The highest BCUT2D eigenvalue weighted by Crippen LogP contribution is 2.30. The van der Waals surface area contributed by atoms with Crippen LogP contribution in [0.3, 0.4) is 0 Å². The normalized spacial score (nSPS) is 18.6. The van der Waals surface area contributed by atoms with Gasteiger partial charge in [-0.05, 0) is 45.1 Å². The van der Waals surface area contributed by atoms with Crippen molar-refractivity contribution in [2.75, 3.05) is 0 Å². The molecule has 1 aromatic carbocycles. The van der Waals surface area contributed by atoms with Gasteiger partial charge in [-0.3, -0.25) is 14.3 Å². The average Bonchev–Trinajstić information content (AvgIpc) is 3.33. The number of aliphatic carboxylic acids is 1. The van der Waals surface area contributed by atoms with Gasteiger partial charge >= 0.3 is 5.97 Å². The Kier molecular flexibility index (Phi) is 6.23. The lowest BCUT2D eigenvalue weighted by atomic mass is 9.86. The molecule has 4 rings (SSSR count). The van der Waals surface area contributed by atoms with Crippen molar-refractivity contribution in [2.24, 2.45) is 5.92 Å². The maximum Gasteiger partial charge on any atom is 0.306 e. The molecule has 0 spiro atoms. The van der Waals surface area contributed by atoms with Gasteiger partial charge in [0, 0.05) is 33.1 Å². The highest BCUT2D eigenvalue weighted by molar-refractivity contribution is 7.12. The largest absolute Gasteiger partial charge is 0.481 e. The molecule has 1 saturated carbocycles. The van der Waals surface area contributed by atoms with E-state index in [0.29, 0.717) is 32.2 Å². The first-order valence-corrected chi connectivity index (χ1v) is 11.4. The standard InChI is InChI=1S/C24H27N3O3S/c1-15-21(14-27-13-19(12-25-27)17-6-4-3-5-7-17)22(16(2)31-15)23(28)26-20-10-8-18(9-11-20)24(29)30/h3-7,12-13,18,20H,8-11,14H2,1-2H3,(H,26,28)(H,29,30). The van der Waals surface area contributed by atoms with E-state index in [1.165, 1.54) is 0 Å². The molecule has 1 fully saturated rings. The third-order valence-corrected chi connectivity index (χ3v) is 7.15. The lowest BCUT2D eigenvalue weighted by molar-refractivity contribution is -0.142. The average molecular weight is 438 g/mol. The smallest absolute Gasteiger partial charge is 0.306 e. The molecule has 0 atom stereocenters. The van der Waals surface area contributed by atoms with Crippen LogP contribution in [-0.2, 0) is 11.3 Å². The van der Waals surface area contributed by atoms with E-state index >= 15 is 0 Å². The van der Waals surface area contributed by atoms with Crippen LogP contribution in [-0.4, -0.2) is 32.8 Å². The highest BCUT2D eigenvalue weighted by Gasteiger charge is 2.28. The Hall–Kier alpha value is -2.93. The number of benzene rings is 1. The number of hydrogen-bond donors (Lipinski definition) is 2. The van der Waals surface area contributed by atoms with Crippen molar-refractivity contribution in [1.82, 2.24) is 15.1 Å². The first kappa shape index (κ1) is 21.3. The SMILES string of the molecule is Cc1sc(C)c(C(=O)NC2CCC(C(=O)O)CC2)c1Cn1cc(-c2ccccc2)cn1. The Labute approximate surface area is 185 Å². The topological polar surface area (TPSA) is 84.2 Å². The van der Waals surface area contributed by atoms with E-state index in [1.807, 2.05) is 49.1 Å². The van der Waals surface area contributed by atoms with Crippen molar-refractivity contribution in [1.29, 1.82) is 0 Å². The Morgan fingerprint density at radius 1 is 1.10 bits per heavy atom. The summed E-state index contributed by atoms with van der Waals surface area (Å²) in [4.78, 5) is 26.4. The second kappa shape index (κ2) is 9.06. The van der Waals surface area contributed by atoms with Crippen LogP contribution in [0.4, 0.5) is 0 Å². The van der Waals surface area contributed by atoms with Crippen LogP contribution in [0.5, 0.6) is 0 Å². The predicted molar refractivity (Wildman–Crippen MR) is 121 cm³/mol. The van der Waals surface area contributed by atoms with Gasteiger partial charge in [0.05, 0.1) is 24.2 Å². The van der Waals surface area contributed by atoms with E-state index in [2.05, 4.69) is 22.5 Å². The molecule has 7 heteroatoms. The molecule has 0 radical (unpaired) electrons. The summed E-state index contributed by atoms with van der Waals surface area (Å²) in [5, 5.41) is 16.8. The molecule has 2 aromatic heterocycles. The number of hydrogen-bond acceptors (Lipinski definition) is 4. The van der Waals surface area contributed by atoms with Crippen LogP contribution in [0.15, 0.2) is 42.7 Å². The molecule has 2 N–H and O–H groups in total. The first-order valence-electron chi connectivity index (χ1n) is 10.6. The molecule has 3 aromatic rings. The predicted octanol–water partition coefficient (Wildman–Crippen LogP) is 4.65. The molecule has 1 aliphatic rings. The Morgan fingerprint density at radius 2 is 1.81 bits per heavy atom. The van der Waals surface area contributed by atoms with E-state index < -0.39 is 5.97 Å². The van der Waals surface area contributed by atoms with E-state index in [1.54, 1.807) is 11.3 Å². The number of nitrogens with zero attached hydrogens (tertiary/aromatic N) is 2. The maximum absolute atomic E-state index is 13.1. The number of rotatable bonds is 6. The van der Waals surface area contributed by atoms with Gasteiger partial charge in [0.25, 0.3) is 5.91 Å². The number of aryl methyl sites for hydroxylation is 2. The summed E-state index contributed by atoms with van der Waals surface area (Å²) >= 11 is 1.63. The summed E-state index contributed by atoms with van der Waals surface area (Å²) in [5.41, 5.74) is 3.90. The van der Waals surface area contributed by atoms with E-state index in [0.717, 1.165) is 32.0 Å². The van der Waals surface area contributed by atoms with E-state index in [-0.39, 0.29) is 17.9 Å². The quantitative estimate of drug-likeness (QED) is 0.588. The van der Waals surface area contributed by atoms with Crippen molar-refractivity contribution in [3.05, 3.63) is 63.6 Å². The summed E-state index contributed by atoms with van der Waals surface area (Å²) in [6.07, 6.45) is 6.51. The van der Waals surface area contributed by atoms with Gasteiger partial charge in [-0.2, -0.15) is 5.10 Å². The zero-order valence-corrected chi connectivity index (χ0v) is 18.6. The summed E-state index contributed by atoms with van der Waals surface area (Å²) in [6.45, 7) is 4.57. The molecule has 1 amide bonds. The van der Waals surface area contributed by atoms with Crippen LogP contribution in [0.2, 0.25) is 0 Å². The van der Waals surface area contributed by atoms with Gasteiger partial charge in [0.15, 0.2) is 0 Å². The van der Waals surface area contributed by atoms with Crippen molar-refractivity contribution in [2.45, 2.75) is 52.1 Å². The molecule has 2 heterocycles. The Bertz CT molecular complexity index is 1080. The number of nitrogens with one attached hydrogen (secondary N) is 1. The van der Waals surface area contributed by atoms with Crippen molar-refractivity contribution in [3.63, 3.8) is 0 Å². The number of carbonyl (C=O) groups is 2. The van der Waals surface area contributed by atoms with Crippen LogP contribution in [0, 0.1) is 19.8 Å². The molecule has 1 aliphatic carbocycles. The van der Waals surface area contributed by atoms with Crippen LogP contribution >= 0.6 is 11.3 Å². The monoisotopic (exact) mass is 437 g/mol. The van der Waals surface area contributed by atoms with Gasteiger partial charge in [-0.25, -0.2) is 0 Å². The van der Waals surface area contributed by atoms with Gasteiger partial charge < -0.3 is 10.4 Å². The summed E-state index contributed by atoms with van der Waals surface area (Å²) in [7, 11) is 0. The fourth-order valence-electron chi connectivity index (χ4n) is 4.35. The molecule has 0 aliphatic heterocycles. The second-order valence-electron chi connectivity index (χ2n) is 8.22. The minimum Gasteiger partial charge on any atom is -0.481 e. The van der Waals surface area contributed by atoms with Crippen LogP contribution in [0.1, 0.15) is 51.4 Å². The molecule has 31 heavy (non-hydrogen) atoms. The maximum atomic E-state index is 13.1. The van der Waals surface area contributed by atoms with Crippen molar-refractivity contribution < 1.29 is 14.7 Å². The van der Waals surface area contributed by atoms with E-state index in [4.69, 9.17) is 0 Å². The summed E-state index contributed by atoms with van der Waals surface area (Å²) < 4.78 is 1.88. The Morgan fingerprint density at radius 3 is 2.48 bits per heavy atom. The molecule has 0 saturated heterocycles. The Balaban J connectivity index is 1.49. The zero-order valence-electron chi connectivity index (χ0n) is 17.8. The van der Waals surface area contributed by atoms with Gasteiger partial charge in [-0.15, -0.1) is 11.3 Å². The number of aromatic nitrogens is 2. The van der Waals surface area contributed by atoms with Gasteiger partial charge in [0.2, 0.25) is 0 Å².